The second-order valence-electron chi connectivity index (χ2n) is 8.87. The van der Waals surface area contributed by atoms with Gasteiger partial charge in [0.15, 0.2) is 11.7 Å². The Morgan fingerprint density at radius 2 is 1.94 bits per heavy atom. The maximum Gasteiger partial charge on any atom is 0.262 e. The number of aryl methyl sites for hydroxylation is 1. The Labute approximate surface area is 213 Å². The van der Waals surface area contributed by atoms with Crippen molar-refractivity contribution in [2.24, 2.45) is 0 Å². The summed E-state index contributed by atoms with van der Waals surface area (Å²) in [5.74, 6) is -0.136. The molecule has 2 aliphatic rings. The van der Waals surface area contributed by atoms with E-state index < -0.39 is 0 Å². The molecule has 0 radical (unpaired) electrons. The zero-order valence-electron chi connectivity index (χ0n) is 19.9. The minimum absolute atomic E-state index is 0.182. The summed E-state index contributed by atoms with van der Waals surface area (Å²) >= 11 is 1.55. The Bertz CT molecular complexity index is 1220. The van der Waals surface area contributed by atoms with Crippen LogP contribution in [0.5, 0.6) is 5.75 Å². The first-order valence-electron chi connectivity index (χ1n) is 12.0. The summed E-state index contributed by atoms with van der Waals surface area (Å²) in [7, 11) is 0. The average Bonchev–Trinajstić information content (AvgIpc) is 3.31. The summed E-state index contributed by atoms with van der Waals surface area (Å²) in [6, 6.07) is 14.1. The first-order valence-corrected chi connectivity index (χ1v) is 12.8. The number of carbonyl (C=O) groups excluding carboxylic acids is 2. The number of carbonyl (C=O) groups is 2. The van der Waals surface area contributed by atoms with E-state index in [0.29, 0.717) is 33.9 Å². The van der Waals surface area contributed by atoms with Gasteiger partial charge in [0.2, 0.25) is 0 Å². The zero-order valence-corrected chi connectivity index (χ0v) is 20.7. The van der Waals surface area contributed by atoms with Crippen LogP contribution in [0.2, 0.25) is 0 Å². The first-order chi connectivity index (χ1) is 17.5. The number of nitrogens with one attached hydrogen (secondary N) is 2. The number of hydrogen-bond acceptors (Lipinski definition) is 8. The number of benzene rings is 2. The molecule has 1 atom stereocenters. The maximum absolute atomic E-state index is 12.9. The van der Waals surface area contributed by atoms with Crippen LogP contribution >= 0.6 is 11.3 Å². The predicted octanol–water partition coefficient (Wildman–Crippen LogP) is 3.18. The third-order valence-electron chi connectivity index (χ3n) is 6.36. The highest BCUT2D eigenvalue weighted by atomic mass is 32.1. The Morgan fingerprint density at radius 3 is 2.75 bits per heavy atom. The Balaban J connectivity index is 1.15. The highest BCUT2D eigenvalue weighted by Crippen LogP contribution is 2.32. The molecule has 9 nitrogen and oxygen atoms in total. The van der Waals surface area contributed by atoms with Crippen molar-refractivity contribution in [3.8, 4) is 5.75 Å². The molecule has 3 aromatic rings. The molecule has 1 saturated heterocycles. The van der Waals surface area contributed by atoms with Crippen molar-refractivity contribution in [3.63, 3.8) is 0 Å². The monoisotopic (exact) mass is 507 g/mol. The number of morpholine rings is 1. The Kier molecular flexibility index (Phi) is 7.45. The van der Waals surface area contributed by atoms with Gasteiger partial charge in [0.1, 0.15) is 5.75 Å². The van der Waals surface area contributed by atoms with Crippen molar-refractivity contribution in [3.05, 3.63) is 64.7 Å². The standard InChI is InChI=1S/C26H29N5O4S/c27-18-4-6-19(7-5-18)28-24(32)16-35-21-3-1-2-17(14-21)25(33)30-26-29-22-9-8-20(15-23(22)36-26)31-10-12-34-13-11-31/h1-7,14,20H,8-13,15-16,27H2,(H,28,32)(H,29,30,33)/t20-/m0/s1. The number of aromatic nitrogens is 1. The largest absolute Gasteiger partial charge is 0.484 e. The fourth-order valence-corrected chi connectivity index (χ4v) is 5.55. The molecule has 188 valence electrons. The van der Waals surface area contributed by atoms with E-state index in [-0.39, 0.29) is 18.4 Å². The van der Waals surface area contributed by atoms with Gasteiger partial charge in [-0.3, -0.25) is 19.8 Å². The van der Waals surface area contributed by atoms with E-state index in [1.807, 2.05) is 0 Å². The topological polar surface area (TPSA) is 119 Å². The van der Waals surface area contributed by atoms with Crippen LogP contribution < -0.4 is 21.1 Å². The molecule has 2 amide bonds. The molecule has 4 N–H and O–H groups in total. The number of hydrogen-bond donors (Lipinski definition) is 3. The van der Waals surface area contributed by atoms with E-state index in [4.69, 9.17) is 15.2 Å². The van der Waals surface area contributed by atoms with Gasteiger partial charge in [-0.15, -0.1) is 11.3 Å². The number of rotatable bonds is 7. The van der Waals surface area contributed by atoms with Gasteiger partial charge in [-0.05, 0) is 61.7 Å². The van der Waals surface area contributed by atoms with E-state index >= 15 is 0 Å². The predicted molar refractivity (Wildman–Crippen MR) is 140 cm³/mol. The first kappa shape index (κ1) is 24.2. The third-order valence-corrected chi connectivity index (χ3v) is 7.39. The molecule has 1 aliphatic carbocycles. The minimum atomic E-state index is -0.307. The lowest BCUT2D eigenvalue weighted by molar-refractivity contribution is -0.118. The van der Waals surface area contributed by atoms with Gasteiger partial charge in [0.25, 0.3) is 11.8 Å². The molecule has 2 heterocycles. The molecule has 10 heteroatoms. The summed E-state index contributed by atoms with van der Waals surface area (Å²) in [5.41, 5.74) is 8.44. The van der Waals surface area contributed by atoms with Crippen molar-refractivity contribution in [1.82, 2.24) is 9.88 Å². The number of thiazole rings is 1. The summed E-state index contributed by atoms with van der Waals surface area (Å²) in [6.07, 6.45) is 2.96. The lowest BCUT2D eigenvalue weighted by atomic mass is 9.96. The number of fused-ring (bicyclic) bond motifs is 1. The van der Waals surface area contributed by atoms with E-state index in [9.17, 15) is 9.59 Å². The highest BCUT2D eigenvalue weighted by Gasteiger charge is 2.28. The van der Waals surface area contributed by atoms with E-state index in [2.05, 4.69) is 20.5 Å². The van der Waals surface area contributed by atoms with Crippen LogP contribution in [-0.2, 0) is 22.4 Å². The molecule has 36 heavy (non-hydrogen) atoms. The van der Waals surface area contributed by atoms with Gasteiger partial charge in [-0.25, -0.2) is 4.98 Å². The van der Waals surface area contributed by atoms with Gasteiger partial charge in [-0.1, -0.05) is 6.07 Å². The summed E-state index contributed by atoms with van der Waals surface area (Å²) in [6.45, 7) is 3.36. The maximum atomic E-state index is 12.9. The molecule has 2 aromatic carbocycles. The molecule has 0 unspecified atom stereocenters. The van der Waals surface area contributed by atoms with Crippen LogP contribution in [0.1, 0.15) is 27.3 Å². The Hall–Kier alpha value is -3.47. The lowest BCUT2D eigenvalue weighted by Crippen LogP contribution is -2.45. The van der Waals surface area contributed by atoms with Crippen molar-refractivity contribution < 1.29 is 19.1 Å². The fourth-order valence-electron chi connectivity index (χ4n) is 4.47. The number of nitrogens with zero attached hydrogens (tertiary/aromatic N) is 2. The van der Waals surface area contributed by atoms with Gasteiger partial charge in [0.05, 0.1) is 18.9 Å². The van der Waals surface area contributed by atoms with Crippen LogP contribution in [0.15, 0.2) is 48.5 Å². The van der Waals surface area contributed by atoms with Crippen molar-refractivity contribution in [2.45, 2.75) is 25.3 Å². The van der Waals surface area contributed by atoms with Gasteiger partial charge >= 0.3 is 0 Å². The fraction of sp³-hybridized carbons (Fsp3) is 0.346. The number of anilines is 3. The van der Waals surface area contributed by atoms with Crippen molar-refractivity contribution in [1.29, 1.82) is 0 Å². The normalized spacial score (nSPS) is 17.7. The molecule has 0 bridgehead atoms. The van der Waals surface area contributed by atoms with Crippen LogP contribution in [-0.4, -0.2) is 60.7 Å². The number of amides is 2. The van der Waals surface area contributed by atoms with Crippen LogP contribution in [0.25, 0.3) is 0 Å². The van der Waals surface area contributed by atoms with Crippen molar-refractivity contribution in [2.75, 3.05) is 49.3 Å². The second-order valence-corrected chi connectivity index (χ2v) is 9.96. The summed E-state index contributed by atoms with van der Waals surface area (Å²) in [4.78, 5) is 33.5. The van der Waals surface area contributed by atoms with E-state index in [1.165, 1.54) is 4.88 Å². The highest BCUT2D eigenvalue weighted by molar-refractivity contribution is 7.15. The number of nitrogens with two attached hydrogens (primary N) is 1. The molecule has 1 aromatic heterocycles. The number of ether oxygens (including phenoxy) is 2. The second kappa shape index (κ2) is 11.1. The van der Waals surface area contributed by atoms with Gasteiger partial charge < -0.3 is 20.5 Å². The van der Waals surface area contributed by atoms with E-state index in [1.54, 1.807) is 59.9 Å². The van der Waals surface area contributed by atoms with Crippen LogP contribution in [0.3, 0.4) is 0 Å². The number of nitrogen functional groups attached to an aromatic ring is 1. The molecule has 0 saturated carbocycles. The third kappa shape index (κ3) is 6.01. The van der Waals surface area contributed by atoms with Crippen LogP contribution in [0.4, 0.5) is 16.5 Å². The molecule has 1 aliphatic heterocycles. The smallest absolute Gasteiger partial charge is 0.262 e. The lowest BCUT2D eigenvalue weighted by Gasteiger charge is -2.36. The SMILES string of the molecule is Nc1ccc(NC(=O)COc2cccc(C(=O)Nc3nc4c(s3)C[C@@H](N3CCOCC3)CC4)c2)cc1. The van der Waals surface area contributed by atoms with E-state index in [0.717, 1.165) is 51.3 Å². The van der Waals surface area contributed by atoms with Gasteiger partial charge in [0, 0.05) is 40.9 Å². The minimum Gasteiger partial charge on any atom is -0.484 e. The summed E-state index contributed by atoms with van der Waals surface area (Å²) < 4.78 is 11.1. The quantitative estimate of drug-likeness (QED) is 0.420. The van der Waals surface area contributed by atoms with Gasteiger partial charge in [-0.2, -0.15) is 0 Å². The summed E-state index contributed by atoms with van der Waals surface area (Å²) in [5, 5.41) is 6.28. The molecule has 5 rings (SSSR count). The Morgan fingerprint density at radius 1 is 1.14 bits per heavy atom. The molecule has 1 fully saturated rings. The average molecular weight is 508 g/mol. The molecular weight excluding hydrogens is 478 g/mol. The van der Waals surface area contributed by atoms with Crippen LogP contribution in [0, 0.1) is 0 Å². The zero-order chi connectivity index (χ0) is 24.9. The molecule has 0 spiro atoms. The van der Waals surface area contributed by atoms with Crippen molar-refractivity contribution >= 4 is 39.7 Å². The molecular formula is C26H29N5O4S.